The smallest absolute Gasteiger partial charge is 0.123 e. The fourth-order valence-electron chi connectivity index (χ4n) is 2.19. The average Bonchev–Trinajstić information content (AvgIpc) is 2.79. The minimum Gasteiger partial charge on any atom is -0.310 e. The zero-order valence-corrected chi connectivity index (χ0v) is 13.4. The molecule has 102 valence electrons. The number of hydrogen-bond donors (Lipinski definition) is 1. The van der Waals surface area contributed by atoms with Gasteiger partial charge in [0.05, 0.1) is 0 Å². The Kier molecular flexibility index (Phi) is 5.13. The molecule has 1 aromatic heterocycles. The van der Waals surface area contributed by atoms with Crippen LogP contribution in [-0.4, -0.2) is 6.54 Å². The molecule has 0 fully saturated rings. The normalized spacial score (nSPS) is 12.6. The molecular formula is C15H17BrFNS. The molecule has 1 aromatic carbocycles. The maximum absolute atomic E-state index is 13.4. The van der Waals surface area contributed by atoms with E-state index in [1.54, 1.807) is 23.5 Å². The summed E-state index contributed by atoms with van der Waals surface area (Å²) in [5.74, 6) is -0.185. The van der Waals surface area contributed by atoms with Crippen LogP contribution in [0.3, 0.4) is 0 Å². The highest BCUT2D eigenvalue weighted by Crippen LogP contribution is 2.28. The SMILES string of the molecule is CCNC(Cc1cc(F)ccc1Br)c1cscc1C. The van der Waals surface area contributed by atoms with Crippen molar-refractivity contribution in [1.82, 2.24) is 5.32 Å². The number of aryl methyl sites for hydroxylation is 1. The summed E-state index contributed by atoms with van der Waals surface area (Å²) in [7, 11) is 0. The van der Waals surface area contributed by atoms with Crippen molar-refractivity contribution in [3.63, 3.8) is 0 Å². The van der Waals surface area contributed by atoms with Gasteiger partial charge < -0.3 is 5.32 Å². The van der Waals surface area contributed by atoms with E-state index >= 15 is 0 Å². The molecule has 0 spiro atoms. The molecule has 1 N–H and O–H groups in total. The van der Waals surface area contributed by atoms with Crippen LogP contribution < -0.4 is 5.32 Å². The average molecular weight is 342 g/mol. The molecule has 0 saturated heterocycles. The van der Waals surface area contributed by atoms with Gasteiger partial charge in [0.2, 0.25) is 0 Å². The van der Waals surface area contributed by atoms with Gasteiger partial charge >= 0.3 is 0 Å². The zero-order chi connectivity index (χ0) is 13.8. The summed E-state index contributed by atoms with van der Waals surface area (Å²) in [5, 5.41) is 7.81. The summed E-state index contributed by atoms with van der Waals surface area (Å²) in [5.41, 5.74) is 3.60. The van der Waals surface area contributed by atoms with Crippen molar-refractivity contribution in [3.05, 3.63) is 55.9 Å². The van der Waals surface area contributed by atoms with E-state index < -0.39 is 0 Å². The first kappa shape index (κ1) is 14.7. The highest BCUT2D eigenvalue weighted by atomic mass is 79.9. The lowest BCUT2D eigenvalue weighted by atomic mass is 9.98. The molecule has 19 heavy (non-hydrogen) atoms. The number of thiophene rings is 1. The van der Waals surface area contributed by atoms with Crippen LogP contribution in [0.15, 0.2) is 33.4 Å². The molecule has 0 amide bonds. The quantitative estimate of drug-likeness (QED) is 0.819. The summed E-state index contributed by atoms with van der Waals surface area (Å²) in [4.78, 5) is 0. The minimum absolute atomic E-state index is 0.185. The molecule has 0 aliphatic carbocycles. The minimum atomic E-state index is -0.185. The van der Waals surface area contributed by atoms with Crippen LogP contribution in [0.4, 0.5) is 4.39 Å². The van der Waals surface area contributed by atoms with Gasteiger partial charge in [-0.25, -0.2) is 4.39 Å². The first-order valence-electron chi connectivity index (χ1n) is 6.31. The van der Waals surface area contributed by atoms with Crippen LogP contribution in [-0.2, 0) is 6.42 Å². The fraction of sp³-hybridized carbons (Fsp3) is 0.333. The van der Waals surface area contributed by atoms with Gasteiger partial charge in [0, 0.05) is 10.5 Å². The molecule has 1 heterocycles. The van der Waals surface area contributed by atoms with E-state index in [2.05, 4.69) is 45.9 Å². The molecule has 0 bridgehead atoms. The summed E-state index contributed by atoms with van der Waals surface area (Å²) in [6.45, 7) is 5.11. The third kappa shape index (κ3) is 3.65. The molecule has 0 aliphatic rings. The number of likely N-dealkylation sites (N-methyl/N-ethyl adjacent to an activating group) is 1. The molecule has 0 aliphatic heterocycles. The lowest BCUT2D eigenvalue weighted by Gasteiger charge is -2.19. The molecule has 1 unspecified atom stereocenters. The molecule has 1 atom stereocenters. The lowest BCUT2D eigenvalue weighted by molar-refractivity contribution is 0.545. The Hall–Kier alpha value is -0.710. The third-order valence-electron chi connectivity index (χ3n) is 3.15. The van der Waals surface area contributed by atoms with Crippen molar-refractivity contribution in [2.75, 3.05) is 6.54 Å². The van der Waals surface area contributed by atoms with E-state index in [0.717, 1.165) is 23.0 Å². The number of nitrogens with one attached hydrogen (secondary N) is 1. The molecular weight excluding hydrogens is 325 g/mol. The third-order valence-corrected chi connectivity index (χ3v) is 4.81. The zero-order valence-electron chi connectivity index (χ0n) is 11.0. The van der Waals surface area contributed by atoms with Crippen molar-refractivity contribution in [1.29, 1.82) is 0 Å². The monoisotopic (exact) mass is 341 g/mol. The van der Waals surface area contributed by atoms with Crippen LogP contribution in [0, 0.1) is 12.7 Å². The van der Waals surface area contributed by atoms with E-state index in [4.69, 9.17) is 0 Å². The standard InChI is InChI=1S/C15H17BrFNS/c1-3-18-15(13-9-19-8-10(13)2)7-11-6-12(17)4-5-14(11)16/h4-6,8-9,15,18H,3,7H2,1-2H3. The Morgan fingerprint density at radius 3 is 2.79 bits per heavy atom. The Bertz CT molecular complexity index is 553. The van der Waals surface area contributed by atoms with Crippen LogP contribution in [0.1, 0.15) is 29.7 Å². The molecule has 4 heteroatoms. The van der Waals surface area contributed by atoms with Gasteiger partial charge in [-0.05, 0) is 65.5 Å². The Balaban J connectivity index is 2.26. The highest BCUT2D eigenvalue weighted by Gasteiger charge is 2.16. The maximum atomic E-state index is 13.4. The summed E-state index contributed by atoms with van der Waals surface area (Å²) < 4.78 is 14.3. The number of benzene rings is 1. The van der Waals surface area contributed by atoms with E-state index in [-0.39, 0.29) is 11.9 Å². The molecule has 2 aromatic rings. The van der Waals surface area contributed by atoms with Crippen LogP contribution >= 0.6 is 27.3 Å². The van der Waals surface area contributed by atoms with Crippen LogP contribution in [0.25, 0.3) is 0 Å². The molecule has 1 nitrogen and oxygen atoms in total. The maximum Gasteiger partial charge on any atom is 0.123 e. The Morgan fingerprint density at radius 1 is 1.37 bits per heavy atom. The molecule has 0 radical (unpaired) electrons. The van der Waals surface area contributed by atoms with Crippen molar-refractivity contribution in [2.24, 2.45) is 0 Å². The molecule has 2 rings (SSSR count). The van der Waals surface area contributed by atoms with Crippen LogP contribution in [0.2, 0.25) is 0 Å². The van der Waals surface area contributed by atoms with E-state index in [9.17, 15) is 4.39 Å². The first-order chi connectivity index (χ1) is 9.11. The fourth-order valence-corrected chi connectivity index (χ4v) is 3.50. The Labute approximate surface area is 126 Å². The van der Waals surface area contributed by atoms with Gasteiger partial charge in [-0.3, -0.25) is 0 Å². The van der Waals surface area contributed by atoms with Gasteiger partial charge in [0.1, 0.15) is 5.82 Å². The molecule has 0 saturated carbocycles. The van der Waals surface area contributed by atoms with Gasteiger partial charge in [-0.15, -0.1) is 0 Å². The topological polar surface area (TPSA) is 12.0 Å². The predicted molar refractivity (Wildman–Crippen MR) is 83.3 cm³/mol. The van der Waals surface area contributed by atoms with E-state index in [1.165, 1.54) is 17.2 Å². The van der Waals surface area contributed by atoms with Gasteiger partial charge in [0.25, 0.3) is 0 Å². The first-order valence-corrected chi connectivity index (χ1v) is 8.05. The largest absolute Gasteiger partial charge is 0.310 e. The van der Waals surface area contributed by atoms with Crippen molar-refractivity contribution < 1.29 is 4.39 Å². The number of halogens is 2. The van der Waals surface area contributed by atoms with Crippen LogP contribution in [0.5, 0.6) is 0 Å². The predicted octanol–water partition coefficient (Wildman–Crippen LogP) is 4.85. The van der Waals surface area contributed by atoms with Gasteiger partial charge in [-0.2, -0.15) is 11.3 Å². The lowest BCUT2D eigenvalue weighted by Crippen LogP contribution is -2.23. The van der Waals surface area contributed by atoms with Gasteiger partial charge in [0.15, 0.2) is 0 Å². The van der Waals surface area contributed by atoms with E-state index in [0.29, 0.717) is 0 Å². The van der Waals surface area contributed by atoms with Gasteiger partial charge in [-0.1, -0.05) is 22.9 Å². The van der Waals surface area contributed by atoms with E-state index in [1.807, 2.05) is 0 Å². The second-order valence-corrected chi connectivity index (χ2v) is 6.16. The second-order valence-electron chi connectivity index (χ2n) is 4.56. The summed E-state index contributed by atoms with van der Waals surface area (Å²) in [6, 6.07) is 5.09. The van der Waals surface area contributed by atoms with Crippen molar-refractivity contribution >= 4 is 27.3 Å². The number of rotatable bonds is 5. The summed E-state index contributed by atoms with van der Waals surface area (Å²) in [6.07, 6.45) is 0.782. The number of hydrogen-bond acceptors (Lipinski definition) is 2. The Morgan fingerprint density at radius 2 is 2.16 bits per heavy atom. The van der Waals surface area contributed by atoms with Crippen molar-refractivity contribution in [3.8, 4) is 0 Å². The summed E-state index contributed by atoms with van der Waals surface area (Å²) >= 11 is 5.21. The second kappa shape index (κ2) is 6.64. The highest BCUT2D eigenvalue weighted by molar-refractivity contribution is 9.10. The van der Waals surface area contributed by atoms with Crippen molar-refractivity contribution in [2.45, 2.75) is 26.3 Å².